The fourth-order valence-electron chi connectivity index (χ4n) is 3.38. The summed E-state index contributed by atoms with van der Waals surface area (Å²) in [5.41, 5.74) is 8.25. The van der Waals surface area contributed by atoms with Crippen LogP contribution < -0.4 is 5.73 Å². The molecule has 2 heterocycles. The largest absolute Gasteiger partial charge is 0.383 e. The molecule has 21 heavy (non-hydrogen) atoms. The minimum absolute atomic E-state index is 0.558. The quantitative estimate of drug-likeness (QED) is 0.938. The zero-order chi connectivity index (χ0) is 14.8. The van der Waals surface area contributed by atoms with Crippen molar-refractivity contribution >= 4 is 5.82 Å². The number of rotatable bonds is 4. The second-order valence-corrected chi connectivity index (χ2v) is 6.07. The van der Waals surface area contributed by atoms with Crippen molar-refractivity contribution in [3.63, 3.8) is 0 Å². The number of hydrogen-bond donors (Lipinski definition) is 1. The average Bonchev–Trinajstić information content (AvgIpc) is 3.07. The normalized spacial score (nSPS) is 16.5. The van der Waals surface area contributed by atoms with Crippen LogP contribution in [0, 0.1) is 0 Å². The third-order valence-corrected chi connectivity index (χ3v) is 4.56. The standard InChI is InChI=1S/C16H25N5/c1-3-9-21-11-18-10-13(21)14-15(17)20(2)16(19-14)12-7-5-4-6-8-12/h10-12H,3-9,17H2,1-2H3. The van der Waals surface area contributed by atoms with E-state index in [1.165, 1.54) is 32.1 Å². The highest BCUT2D eigenvalue weighted by Crippen LogP contribution is 2.35. The van der Waals surface area contributed by atoms with E-state index < -0.39 is 0 Å². The van der Waals surface area contributed by atoms with Gasteiger partial charge in [-0.15, -0.1) is 0 Å². The molecule has 5 heteroatoms. The number of aryl methyl sites for hydroxylation is 1. The molecule has 0 aliphatic heterocycles. The molecule has 0 amide bonds. The molecule has 0 unspecified atom stereocenters. The Kier molecular flexibility index (Phi) is 3.99. The first-order valence-electron chi connectivity index (χ1n) is 8.05. The van der Waals surface area contributed by atoms with Gasteiger partial charge in [-0.2, -0.15) is 0 Å². The fourth-order valence-corrected chi connectivity index (χ4v) is 3.38. The molecular formula is C16H25N5. The molecule has 1 saturated carbocycles. The lowest BCUT2D eigenvalue weighted by Gasteiger charge is -2.21. The van der Waals surface area contributed by atoms with E-state index in [4.69, 9.17) is 10.7 Å². The molecular weight excluding hydrogens is 262 g/mol. The molecule has 0 aromatic carbocycles. The number of nitrogens with two attached hydrogens (primary N) is 1. The second-order valence-electron chi connectivity index (χ2n) is 6.07. The minimum Gasteiger partial charge on any atom is -0.383 e. The molecule has 0 saturated heterocycles. The summed E-state index contributed by atoms with van der Waals surface area (Å²) in [6.45, 7) is 3.11. The molecule has 2 aromatic heterocycles. The highest BCUT2D eigenvalue weighted by molar-refractivity contribution is 5.68. The summed E-state index contributed by atoms with van der Waals surface area (Å²) in [6, 6.07) is 0. The summed E-state index contributed by atoms with van der Waals surface area (Å²) >= 11 is 0. The summed E-state index contributed by atoms with van der Waals surface area (Å²) in [6.07, 6.45) is 11.3. The van der Waals surface area contributed by atoms with Gasteiger partial charge >= 0.3 is 0 Å². The Labute approximate surface area is 126 Å². The fraction of sp³-hybridized carbons (Fsp3) is 0.625. The number of nitrogen functional groups attached to an aromatic ring is 1. The van der Waals surface area contributed by atoms with E-state index in [-0.39, 0.29) is 0 Å². The Morgan fingerprint density at radius 3 is 2.76 bits per heavy atom. The summed E-state index contributed by atoms with van der Waals surface area (Å²) in [7, 11) is 2.04. The smallest absolute Gasteiger partial charge is 0.133 e. The first-order chi connectivity index (χ1) is 10.2. The van der Waals surface area contributed by atoms with E-state index >= 15 is 0 Å². The molecule has 1 fully saturated rings. The van der Waals surface area contributed by atoms with Crippen molar-refractivity contribution in [2.45, 2.75) is 57.9 Å². The number of hydrogen-bond acceptors (Lipinski definition) is 3. The van der Waals surface area contributed by atoms with Gasteiger partial charge in [0.05, 0.1) is 18.2 Å². The lowest BCUT2D eigenvalue weighted by Crippen LogP contribution is -2.11. The summed E-state index contributed by atoms with van der Waals surface area (Å²) in [5.74, 6) is 2.46. The lowest BCUT2D eigenvalue weighted by molar-refractivity contribution is 0.422. The third-order valence-electron chi connectivity index (χ3n) is 4.56. The topological polar surface area (TPSA) is 61.7 Å². The maximum absolute atomic E-state index is 6.33. The van der Waals surface area contributed by atoms with Crippen LogP contribution in [0.2, 0.25) is 0 Å². The monoisotopic (exact) mass is 287 g/mol. The molecule has 0 bridgehead atoms. The maximum Gasteiger partial charge on any atom is 0.133 e. The Morgan fingerprint density at radius 2 is 2.05 bits per heavy atom. The Morgan fingerprint density at radius 1 is 1.29 bits per heavy atom. The van der Waals surface area contributed by atoms with Crippen LogP contribution >= 0.6 is 0 Å². The first-order valence-corrected chi connectivity index (χ1v) is 8.05. The molecule has 0 atom stereocenters. The van der Waals surface area contributed by atoms with Crippen molar-refractivity contribution < 1.29 is 0 Å². The van der Waals surface area contributed by atoms with Crippen LogP contribution in [0.3, 0.4) is 0 Å². The van der Waals surface area contributed by atoms with Gasteiger partial charge in [0.2, 0.25) is 0 Å². The van der Waals surface area contributed by atoms with Gasteiger partial charge in [0.15, 0.2) is 0 Å². The van der Waals surface area contributed by atoms with Gasteiger partial charge in [0, 0.05) is 19.5 Å². The molecule has 2 aromatic rings. The summed E-state index contributed by atoms with van der Waals surface area (Å²) in [4.78, 5) is 9.16. The van der Waals surface area contributed by atoms with Crippen LogP contribution in [0.1, 0.15) is 57.2 Å². The highest BCUT2D eigenvalue weighted by atomic mass is 15.2. The van der Waals surface area contributed by atoms with Crippen LogP contribution in [-0.2, 0) is 13.6 Å². The van der Waals surface area contributed by atoms with Crippen LogP contribution in [-0.4, -0.2) is 19.1 Å². The van der Waals surface area contributed by atoms with Gasteiger partial charge in [0.25, 0.3) is 0 Å². The van der Waals surface area contributed by atoms with E-state index in [1.54, 1.807) is 0 Å². The molecule has 5 nitrogen and oxygen atoms in total. The number of anilines is 1. The molecule has 0 radical (unpaired) electrons. The van der Waals surface area contributed by atoms with Gasteiger partial charge in [-0.25, -0.2) is 9.97 Å². The first kappa shape index (κ1) is 14.2. The van der Waals surface area contributed by atoms with Crippen LogP contribution in [0.25, 0.3) is 11.4 Å². The lowest BCUT2D eigenvalue weighted by atomic mass is 9.89. The Hall–Kier alpha value is -1.78. The SMILES string of the molecule is CCCn1cncc1-c1nc(C2CCCCC2)n(C)c1N. The van der Waals surface area contributed by atoms with Crippen LogP contribution in [0.15, 0.2) is 12.5 Å². The van der Waals surface area contributed by atoms with Gasteiger partial charge < -0.3 is 14.9 Å². The number of aromatic nitrogens is 4. The van der Waals surface area contributed by atoms with Gasteiger partial charge in [-0.1, -0.05) is 26.2 Å². The zero-order valence-electron chi connectivity index (χ0n) is 13.0. The molecule has 1 aliphatic carbocycles. The van der Waals surface area contributed by atoms with Crippen LogP contribution in [0.4, 0.5) is 5.82 Å². The average molecular weight is 287 g/mol. The van der Waals surface area contributed by atoms with Crippen molar-refractivity contribution in [1.82, 2.24) is 19.1 Å². The summed E-state index contributed by atoms with van der Waals surface area (Å²) < 4.78 is 4.22. The van der Waals surface area contributed by atoms with E-state index in [2.05, 4.69) is 21.0 Å². The Bertz CT molecular complexity index is 604. The van der Waals surface area contributed by atoms with Crippen molar-refractivity contribution in [2.24, 2.45) is 7.05 Å². The zero-order valence-corrected chi connectivity index (χ0v) is 13.0. The number of imidazole rings is 2. The van der Waals surface area contributed by atoms with E-state index in [0.29, 0.717) is 5.92 Å². The molecule has 3 rings (SSSR count). The van der Waals surface area contributed by atoms with E-state index in [9.17, 15) is 0 Å². The summed E-state index contributed by atoms with van der Waals surface area (Å²) in [5, 5.41) is 0. The second kappa shape index (κ2) is 5.92. The molecule has 114 valence electrons. The van der Waals surface area contributed by atoms with Crippen molar-refractivity contribution in [1.29, 1.82) is 0 Å². The minimum atomic E-state index is 0.558. The molecule has 0 spiro atoms. The molecule has 2 N–H and O–H groups in total. The van der Waals surface area contributed by atoms with Gasteiger partial charge in [-0.05, 0) is 19.3 Å². The van der Waals surface area contributed by atoms with E-state index in [0.717, 1.165) is 36.0 Å². The van der Waals surface area contributed by atoms with Crippen molar-refractivity contribution in [3.05, 3.63) is 18.3 Å². The van der Waals surface area contributed by atoms with E-state index in [1.807, 2.05) is 19.6 Å². The Balaban J connectivity index is 1.97. The number of nitrogens with zero attached hydrogens (tertiary/aromatic N) is 4. The van der Waals surface area contributed by atoms with Gasteiger partial charge in [0.1, 0.15) is 17.3 Å². The van der Waals surface area contributed by atoms with Crippen LogP contribution in [0.5, 0.6) is 0 Å². The highest BCUT2D eigenvalue weighted by Gasteiger charge is 2.24. The van der Waals surface area contributed by atoms with Crippen molar-refractivity contribution in [2.75, 3.05) is 5.73 Å². The predicted molar refractivity (Wildman–Crippen MR) is 85.0 cm³/mol. The van der Waals surface area contributed by atoms with Crippen molar-refractivity contribution in [3.8, 4) is 11.4 Å². The third kappa shape index (κ3) is 2.57. The predicted octanol–water partition coefficient (Wildman–Crippen LogP) is 3.32. The maximum atomic E-state index is 6.33. The molecule has 1 aliphatic rings. The van der Waals surface area contributed by atoms with Gasteiger partial charge in [-0.3, -0.25) is 0 Å².